The highest BCUT2D eigenvalue weighted by Gasteiger charge is 2.18. The Morgan fingerprint density at radius 3 is 2.81 bits per heavy atom. The van der Waals surface area contributed by atoms with E-state index in [9.17, 15) is 9.18 Å². The lowest BCUT2D eigenvalue weighted by molar-refractivity contribution is 0.0636. The van der Waals surface area contributed by atoms with Gasteiger partial charge in [0.2, 0.25) is 0 Å². The van der Waals surface area contributed by atoms with Crippen LogP contribution in [0.1, 0.15) is 27.2 Å². The van der Waals surface area contributed by atoms with Gasteiger partial charge in [0.05, 0.1) is 5.69 Å². The third-order valence-corrected chi connectivity index (χ3v) is 4.06. The average Bonchev–Trinajstić information content (AvgIpc) is 2.84. The van der Waals surface area contributed by atoms with Gasteiger partial charge in [-0.1, -0.05) is 0 Å². The molecular weight excluding hydrogens is 291 g/mol. The summed E-state index contributed by atoms with van der Waals surface area (Å²) in [4.78, 5) is 11.7. The molecule has 1 atom stereocenters. The summed E-state index contributed by atoms with van der Waals surface area (Å²) < 4.78 is 19.0. The zero-order valence-corrected chi connectivity index (χ0v) is 13.3. The number of amides is 1. The van der Waals surface area contributed by atoms with Crippen LogP contribution >= 0.6 is 11.8 Å². The Balaban J connectivity index is 2.02. The smallest absolute Gasteiger partial charge is 0.412 e. The molecule has 2 rings (SSSR count). The Bertz CT molecular complexity index is 511. The topological polar surface area (TPSA) is 50.4 Å². The predicted octanol–water partition coefficient (Wildman–Crippen LogP) is 4.09. The van der Waals surface area contributed by atoms with Crippen molar-refractivity contribution in [2.24, 2.45) is 0 Å². The minimum atomic E-state index is -0.563. The van der Waals surface area contributed by atoms with Crippen LogP contribution in [0.15, 0.2) is 18.2 Å². The SMILES string of the molecule is CC(C)(C)OC(=O)Nc1ccc(F)c(NC2CCSC2)c1. The fraction of sp³-hybridized carbons (Fsp3) is 0.533. The molecule has 4 nitrogen and oxygen atoms in total. The van der Waals surface area contributed by atoms with E-state index in [2.05, 4.69) is 10.6 Å². The molecular formula is C15H21FN2O2S. The van der Waals surface area contributed by atoms with E-state index in [0.717, 1.165) is 17.9 Å². The van der Waals surface area contributed by atoms with Crippen molar-refractivity contribution in [3.8, 4) is 0 Å². The molecule has 6 heteroatoms. The van der Waals surface area contributed by atoms with Gasteiger partial charge in [0.1, 0.15) is 11.4 Å². The molecule has 1 saturated heterocycles. The number of halogens is 1. The molecule has 0 aliphatic carbocycles. The number of carbonyl (C=O) groups excluding carboxylic acids is 1. The van der Waals surface area contributed by atoms with Gasteiger partial charge in [-0.3, -0.25) is 5.32 Å². The quantitative estimate of drug-likeness (QED) is 0.882. The fourth-order valence-corrected chi connectivity index (χ4v) is 3.16. The summed E-state index contributed by atoms with van der Waals surface area (Å²) in [5.74, 6) is 1.75. The summed E-state index contributed by atoms with van der Waals surface area (Å²) in [5, 5.41) is 5.80. The molecule has 1 aromatic rings. The Morgan fingerprint density at radius 1 is 1.43 bits per heavy atom. The van der Waals surface area contributed by atoms with Crippen LogP contribution in [0.5, 0.6) is 0 Å². The van der Waals surface area contributed by atoms with E-state index in [1.165, 1.54) is 12.1 Å². The monoisotopic (exact) mass is 312 g/mol. The largest absolute Gasteiger partial charge is 0.444 e. The molecule has 0 bridgehead atoms. The summed E-state index contributed by atoms with van der Waals surface area (Å²) in [6, 6.07) is 4.74. The molecule has 1 aromatic carbocycles. The Morgan fingerprint density at radius 2 is 2.19 bits per heavy atom. The van der Waals surface area contributed by atoms with Crippen molar-refractivity contribution in [3.05, 3.63) is 24.0 Å². The lowest BCUT2D eigenvalue weighted by atomic mass is 10.2. The third kappa shape index (κ3) is 5.12. The maximum absolute atomic E-state index is 13.8. The zero-order valence-electron chi connectivity index (χ0n) is 12.5. The maximum Gasteiger partial charge on any atom is 0.412 e. The number of nitrogens with one attached hydrogen (secondary N) is 2. The molecule has 1 unspecified atom stereocenters. The lowest BCUT2D eigenvalue weighted by Gasteiger charge is -2.20. The first kappa shape index (κ1) is 15.9. The number of hydrogen-bond donors (Lipinski definition) is 2. The van der Waals surface area contributed by atoms with Crippen molar-refractivity contribution in [2.45, 2.75) is 38.8 Å². The standard InChI is InChI=1S/C15H21FN2O2S/c1-15(2,3)20-14(19)18-10-4-5-12(16)13(8-10)17-11-6-7-21-9-11/h4-5,8,11,17H,6-7,9H2,1-3H3,(H,18,19). The van der Waals surface area contributed by atoms with Crippen LogP contribution in [0.4, 0.5) is 20.6 Å². The first-order valence-corrected chi connectivity index (χ1v) is 8.13. The number of thioether (sulfide) groups is 1. The van der Waals surface area contributed by atoms with E-state index < -0.39 is 11.7 Å². The van der Waals surface area contributed by atoms with Gasteiger partial charge in [-0.05, 0) is 51.1 Å². The molecule has 1 aliphatic rings. The fourth-order valence-electron chi connectivity index (χ4n) is 2.00. The molecule has 1 amide bonds. The Kier molecular flexibility index (Phi) is 4.98. The molecule has 0 saturated carbocycles. The number of ether oxygens (including phenoxy) is 1. The summed E-state index contributed by atoms with van der Waals surface area (Å²) >= 11 is 1.85. The minimum absolute atomic E-state index is 0.279. The third-order valence-electron chi connectivity index (χ3n) is 2.90. The van der Waals surface area contributed by atoms with E-state index in [1.54, 1.807) is 26.8 Å². The highest BCUT2D eigenvalue weighted by atomic mass is 32.2. The van der Waals surface area contributed by atoms with Gasteiger partial charge >= 0.3 is 6.09 Å². The van der Waals surface area contributed by atoms with E-state index in [4.69, 9.17) is 4.74 Å². The van der Waals surface area contributed by atoms with Crippen molar-refractivity contribution >= 4 is 29.2 Å². The highest BCUT2D eigenvalue weighted by Crippen LogP contribution is 2.25. The Hall–Kier alpha value is -1.43. The lowest BCUT2D eigenvalue weighted by Crippen LogP contribution is -2.27. The van der Waals surface area contributed by atoms with E-state index in [1.807, 2.05) is 11.8 Å². The number of carbonyl (C=O) groups is 1. The maximum atomic E-state index is 13.8. The van der Waals surface area contributed by atoms with Crippen LogP contribution in [0.25, 0.3) is 0 Å². The summed E-state index contributed by atoms with van der Waals surface area (Å²) in [7, 11) is 0. The molecule has 0 spiro atoms. The van der Waals surface area contributed by atoms with E-state index >= 15 is 0 Å². The Labute approximate surface area is 128 Å². The molecule has 0 radical (unpaired) electrons. The van der Waals surface area contributed by atoms with Gasteiger partial charge in [-0.25, -0.2) is 9.18 Å². The summed E-state index contributed by atoms with van der Waals surface area (Å²) in [5.41, 5.74) is 0.363. The van der Waals surface area contributed by atoms with Gasteiger partial charge in [0.15, 0.2) is 0 Å². The van der Waals surface area contributed by atoms with Gasteiger partial charge in [-0.2, -0.15) is 11.8 Å². The zero-order chi connectivity index (χ0) is 15.5. The van der Waals surface area contributed by atoms with E-state index in [-0.39, 0.29) is 11.9 Å². The van der Waals surface area contributed by atoms with Gasteiger partial charge in [-0.15, -0.1) is 0 Å². The van der Waals surface area contributed by atoms with Crippen molar-refractivity contribution in [1.82, 2.24) is 0 Å². The second-order valence-electron chi connectivity index (χ2n) is 6.03. The van der Waals surface area contributed by atoms with Gasteiger partial charge in [0.25, 0.3) is 0 Å². The molecule has 0 aromatic heterocycles. The van der Waals surface area contributed by atoms with Crippen LogP contribution in [0.3, 0.4) is 0 Å². The van der Waals surface area contributed by atoms with Crippen molar-refractivity contribution in [2.75, 3.05) is 22.1 Å². The minimum Gasteiger partial charge on any atom is -0.444 e. The number of rotatable bonds is 3. The second-order valence-corrected chi connectivity index (χ2v) is 7.18. The molecule has 1 heterocycles. The first-order chi connectivity index (χ1) is 9.83. The molecule has 2 N–H and O–H groups in total. The molecule has 116 valence electrons. The highest BCUT2D eigenvalue weighted by molar-refractivity contribution is 7.99. The summed E-state index contributed by atoms with van der Waals surface area (Å²) in [6.07, 6.45) is 0.477. The van der Waals surface area contributed by atoms with Crippen LogP contribution in [0.2, 0.25) is 0 Å². The normalized spacial score (nSPS) is 18.4. The number of hydrogen-bond acceptors (Lipinski definition) is 4. The number of benzene rings is 1. The number of anilines is 2. The van der Waals surface area contributed by atoms with Gasteiger partial charge in [0, 0.05) is 17.5 Å². The predicted molar refractivity (Wildman–Crippen MR) is 85.6 cm³/mol. The van der Waals surface area contributed by atoms with Crippen molar-refractivity contribution in [1.29, 1.82) is 0 Å². The molecule has 1 fully saturated rings. The second kappa shape index (κ2) is 6.56. The molecule has 1 aliphatic heterocycles. The van der Waals surface area contributed by atoms with Gasteiger partial charge < -0.3 is 10.1 Å². The van der Waals surface area contributed by atoms with Crippen LogP contribution in [0, 0.1) is 5.82 Å². The molecule has 21 heavy (non-hydrogen) atoms. The average molecular weight is 312 g/mol. The van der Waals surface area contributed by atoms with Crippen LogP contribution in [-0.4, -0.2) is 29.2 Å². The van der Waals surface area contributed by atoms with Crippen LogP contribution in [-0.2, 0) is 4.74 Å². The summed E-state index contributed by atoms with van der Waals surface area (Å²) in [6.45, 7) is 5.38. The van der Waals surface area contributed by atoms with Crippen molar-refractivity contribution in [3.63, 3.8) is 0 Å². The van der Waals surface area contributed by atoms with Crippen LogP contribution < -0.4 is 10.6 Å². The van der Waals surface area contributed by atoms with Crippen molar-refractivity contribution < 1.29 is 13.9 Å². The first-order valence-electron chi connectivity index (χ1n) is 6.97. The van der Waals surface area contributed by atoms with E-state index in [0.29, 0.717) is 11.4 Å².